The van der Waals surface area contributed by atoms with Gasteiger partial charge in [0.25, 0.3) is 0 Å². The normalized spacial score (nSPS) is 53.1. The van der Waals surface area contributed by atoms with Crippen LogP contribution in [0, 0.1) is 23.7 Å². The molecule has 0 N–H and O–H groups in total. The molecule has 0 unspecified atom stereocenters. The topological polar surface area (TPSA) is 27.7 Å². The van der Waals surface area contributed by atoms with E-state index in [0.717, 1.165) is 17.8 Å². The minimum absolute atomic E-state index is 0.154. The first kappa shape index (κ1) is 11.9. The maximum atomic E-state index is 6.22. The summed E-state index contributed by atoms with van der Waals surface area (Å²) in [6.45, 7) is 2.51. The van der Waals surface area contributed by atoms with Gasteiger partial charge in [-0.3, -0.25) is 0 Å². The zero-order valence-electron chi connectivity index (χ0n) is 10.7. The number of hydrogen-bond donors (Lipinski definition) is 0. The van der Waals surface area contributed by atoms with Crippen LogP contribution in [0.5, 0.6) is 0 Å². The van der Waals surface area contributed by atoms with Crippen LogP contribution in [0.1, 0.15) is 13.3 Å². The third kappa shape index (κ3) is 1.35. The van der Waals surface area contributed by atoms with Gasteiger partial charge in [-0.1, -0.05) is 22.0 Å². The average Bonchev–Trinajstić information content (AvgIpc) is 3.01. The van der Waals surface area contributed by atoms with Crippen molar-refractivity contribution in [3.63, 3.8) is 0 Å². The summed E-state index contributed by atoms with van der Waals surface area (Å²) in [6, 6.07) is 0. The molecule has 8 atom stereocenters. The molecule has 0 aromatic carbocycles. The minimum Gasteiger partial charge on any atom is -0.369 e. The third-order valence-corrected chi connectivity index (χ3v) is 6.60. The number of ether oxygens (including phenoxy) is 3. The van der Waals surface area contributed by atoms with Crippen LogP contribution >= 0.6 is 15.9 Å². The SMILES string of the molecule is COCO[C@H](C)C1=C[C@@H]2O[C@@H]3[C@@H](Br)[C@H]4C[C@@H]3[C@@H]2[C@H]14. The number of fused-ring (bicyclic) bond motifs is 2. The molecule has 4 aliphatic rings. The van der Waals surface area contributed by atoms with E-state index in [1.165, 1.54) is 12.0 Å². The zero-order chi connectivity index (χ0) is 12.4. The van der Waals surface area contributed by atoms with Crippen molar-refractivity contribution in [2.45, 2.75) is 36.5 Å². The molecule has 0 aromatic rings. The molecule has 2 bridgehead atoms. The first-order chi connectivity index (χ1) is 8.72. The average molecular weight is 315 g/mol. The fourth-order valence-corrected chi connectivity index (χ4v) is 5.88. The first-order valence-corrected chi connectivity index (χ1v) is 7.75. The Morgan fingerprint density at radius 2 is 2.33 bits per heavy atom. The van der Waals surface area contributed by atoms with Crippen molar-refractivity contribution in [3.05, 3.63) is 11.6 Å². The molecule has 1 saturated heterocycles. The van der Waals surface area contributed by atoms with E-state index in [-0.39, 0.29) is 6.10 Å². The Bertz CT molecular complexity index is 397. The molecule has 0 radical (unpaired) electrons. The molecule has 0 aromatic heterocycles. The molecule has 0 spiro atoms. The highest BCUT2D eigenvalue weighted by molar-refractivity contribution is 9.09. The summed E-state index contributed by atoms with van der Waals surface area (Å²) in [5, 5.41) is 0. The van der Waals surface area contributed by atoms with Gasteiger partial charge < -0.3 is 14.2 Å². The number of methoxy groups -OCH3 is 1. The molecule has 3 fully saturated rings. The molecule has 3 nitrogen and oxygen atoms in total. The number of rotatable bonds is 4. The van der Waals surface area contributed by atoms with Crippen LogP contribution in [0.3, 0.4) is 0 Å². The van der Waals surface area contributed by atoms with Gasteiger partial charge in [-0.25, -0.2) is 0 Å². The summed E-state index contributed by atoms with van der Waals surface area (Å²) < 4.78 is 17.0. The van der Waals surface area contributed by atoms with Crippen LogP contribution in [-0.2, 0) is 14.2 Å². The van der Waals surface area contributed by atoms with Gasteiger partial charge in [-0.15, -0.1) is 0 Å². The summed E-state index contributed by atoms with van der Waals surface area (Å²) in [5.41, 5.74) is 1.46. The molecule has 3 aliphatic carbocycles. The Morgan fingerprint density at radius 1 is 1.50 bits per heavy atom. The zero-order valence-corrected chi connectivity index (χ0v) is 12.3. The second-order valence-corrected chi connectivity index (χ2v) is 7.12. The van der Waals surface area contributed by atoms with Crippen LogP contribution in [0.25, 0.3) is 0 Å². The molecule has 18 heavy (non-hydrogen) atoms. The number of halogens is 1. The van der Waals surface area contributed by atoms with Crippen molar-refractivity contribution >= 4 is 15.9 Å². The molecule has 4 heteroatoms. The lowest BCUT2D eigenvalue weighted by Gasteiger charge is -2.32. The minimum atomic E-state index is 0.154. The summed E-state index contributed by atoms with van der Waals surface area (Å²) in [7, 11) is 1.67. The summed E-state index contributed by atoms with van der Waals surface area (Å²) >= 11 is 3.86. The van der Waals surface area contributed by atoms with E-state index < -0.39 is 0 Å². The predicted octanol–water partition coefficient (Wildman–Crippen LogP) is 2.35. The molecule has 100 valence electrons. The first-order valence-electron chi connectivity index (χ1n) is 6.84. The Morgan fingerprint density at radius 3 is 3.11 bits per heavy atom. The van der Waals surface area contributed by atoms with E-state index in [1.807, 2.05) is 0 Å². The monoisotopic (exact) mass is 314 g/mol. The molecular weight excluding hydrogens is 296 g/mol. The van der Waals surface area contributed by atoms with E-state index in [2.05, 4.69) is 28.9 Å². The van der Waals surface area contributed by atoms with Crippen LogP contribution in [0.4, 0.5) is 0 Å². The molecule has 0 amide bonds. The predicted molar refractivity (Wildman–Crippen MR) is 70.5 cm³/mol. The van der Waals surface area contributed by atoms with Gasteiger partial charge in [0.05, 0.1) is 18.3 Å². The second-order valence-electron chi connectivity index (χ2n) is 6.06. The number of hydrogen-bond acceptors (Lipinski definition) is 3. The largest absolute Gasteiger partial charge is 0.369 e. The van der Waals surface area contributed by atoms with Crippen molar-refractivity contribution in [1.82, 2.24) is 0 Å². The lowest BCUT2D eigenvalue weighted by molar-refractivity contribution is -0.0567. The quantitative estimate of drug-likeness (QED) is 0.453. The summed E-state index contributed by atoms with van der Waals surface area (Å²) in [5.74, 6) is 2.93. The highest BCUT2D eigenvalue weighted by Gasteiger charge is 2.67. The second kappa shape index (κ2) is 4.05. The van der Waals surface area contributed by atoms with Crippen molar-refractivity contribution < 1.29 is 14.2 Å². The fourth-order valence-electron chi connectivity index (χ4n) is 4.82. The lowest BCUT2D eigenvalue weighted by Crippen LogP contribution is -2.35. The molecule has 2 saturated carbocycles. The van der Waals surface area contributed by atoms with E-state index in [1.54, 1.807) is 7.11 Å². The van der Waals surface area contributed by atoms with Gasteiger partial charge in [0.15, 0.2) is 0 Å². The van der Waals surface area contributed by atoms with E-state index >= 15 is 0 Å². The smallest absolute Gasteiger partial charge is 0.147 e. The third-order valence-electron chi connectivity index (χ3n) is 5.40. The summed E-state index contributed by atoms with van der Waals surface area (Å²) in [6.07, 6.45) is 4.64. The lowest BCUT2D eigenvalue weighted by atomic mass is 9.77. The van der Waals surface area contributed by atoms with Crippen LogP contribution < -0.4 is 0 Å². The Hall–Kier alpha value is 0.100. The Labute approximate surface area is 116 Å². The highest BCUT2D eigenvalue weighted by atomic mass is 79.9. The molecule has 1 aliphatic heterocycles. The van der Waals surface area contributed by atoms with Crippen LogP contribution in [0.2, 0.25) is 0 Å². The van der Waals surface area contributed by atoms with Gasteiger partial charge in [0, 0.05) is 17.9 Å². The van der Waals surface area contributed by atoms with Crippen molar-refractivity contribution in [2.75, 3.05) is 13.9 Å². The molecular formula is C14H19BrO3. The maximum absolute atomic E-state index is 6.22. The summed E-state index contributed by atoms with van der Waals surface area (Å²) in [4.78, 5) is 0.548. The standard InChI is InChI=1S/C14H19BrO3/c1-6(17-5-16-2)7-4-10-12-9-3-8(11(7)12)13(15)14(9)18-10/h4,6,8-14H,3,5H2,1-2H3/t6-,8+,9-,10+,11-,12+,13+,14+/m1/s1. The highest BCUT2D eigenvalue weighted by Crippen LogP contribution is 2.66. The van der Waals surface area contributed by atoms with Gasteiger partial charge in [-0.05, 0) is 36.7 Å². The number of alkyl halides is 1. The van der Waals surface area contributed by atoms with Gasteiger partial charge >= 0.3 is 0 Å². The molecule has 4 rings (SSSR count). The van der Waals surface area contributed by atoms with E-state index in [0.29, 0.717) is 29.7 Å². The van der Waals surface area contributed by atoms with Crippen LogP contribution in [0.15, 0.2) is 11.6 Å². The van der Waals surface area contributed by atoms with Gasteiger partial charge in [0.2, 0.25) is 0 Å². The Balaban J connectivity index is 1.60. The van der Waals surface area contributed by atoms with Crippen molar-refractivity contribution in [2.24, 2.45) is 23.7 Å². The fraction of sp³-hybridized carbons (Fsp3) is 0.857. The van der Waals surface area contributed by atoms with Crippen LogP contribution in [-0.4, -0.2) is 37.0 Å². The van der Waals surface area contributed by atoms with Crippen molar-refractivity contribution in [3.8, 4) is 0 Å². The van der Waals surface area contributed by atoms with Gasteiger partial charge in [-0.2, -0.15) is 0 Å². The Kier molecular flexibility index (Phi) is 2.67. The van der Waals surface area contributed by atoms with E-state index in [4.69, 9.17) is 14.2 Å². The van der Waals surface area contributed by atoms with E-state index in [9.17, 15) is 0 Å². The van der Waals surface area contributed by atoms with Gasteiger partial charge in [0.1, 0.15) is 6.79 Å². The molecule has 1 heterocycles. The maximum Gasteiger partial charge on any atom is 0.147 e. The van der Waals surface area contributed by atoms with Crippen molar-refractivity contribution in [1.29, 1.82) is 0 Å².